The average Bonchev–Trinajstić information content (AvgIpc) is 3.88. The van der Waals surface area contributed by atoms with Gasteiger partial charge in [-0.3, -0.25) is 28.5 Å². The molecule has 2 heterocycles. The van der Waals surface area contributed by atoms with Gasteiger partial charge in [0.15, 0.2) is 0 Å². The highest BCUT2D eigenvalue weighted by atomic mass is 31.2. The molecule has 10 N–H and O–H groups in total. The standard InChI is InChI=1S/C38H61N8O9P/c1-25(2)19-30(43-35(49)29-16-12-17-41-29)36(50)44-31(20-28-21-40-24-42-28)37(51)45-32(22-47)38(52)46-33(34(39)48)26(3)23-56(53,54)55-18-11-6-4-5-8-13-27-14-9-7-10-15-27/h7,9-10,14-15,21,24-26,29-33,41,47H,4-6,8,11-13,16-20,22-23H2,1-3H3,(H2,39,48)(H,40,42)(H,43,49)(H,44,50)(H,45,51)(H,46,52)(H,53,54)/t26-,29-,30-,31-,32-,33-/m0/s1. The number of imidazole rings is 1. The van der Waals surface area contributed by atoms with Crippen LogP contribution in [0.1, 0.15) is 83.4 Å². The lowest BCUT2D eigenvalue weighted by molar-refractivity contribution is -0.135. The number of nitrogens with zero attached hydrogens (tertiary/aromatic N) is 1. The van der Waals surface area contributed by atoms with E-state index in [-0.39, 0.29) is 24.9 Å². The number of hydrogen-bond donors (Lipinski definition) is 9. The topological polar surface area (TPSA) is 267 Å². The first kappa shape index (κ1) is 46.2. The van der Waals surface area contributed by atoms with E-state index in [2.05, 4.69) is 48.7 Å². The summed E-state index contributed by atoms with van der Waals surface area (Å²) in [7, 11) is -4.18. The number of carbonyl (C=O) groups is 5. The van der Waals surface area contributed by atoms with Gasteiger partial charge < -0.3 is 51.8 Å². The molecule has 0 radical (unpaired) electrons. The van der Waals surface area contributed by atoms with Crippen molar-refractivity contribution in [1.82, 2.24) is 36.6 Å². The van der Waals surface area contributed by atoms with Gasteiger partial charge in [-0.2, -0.15) is 0 Å². The van der Waals surface area contributed by atoms with Crippen LogP contribution in [0.3, 0.4) is 0 Å². The van der Waals surface area contributed by atoms with Crippen LogP contribution in [0.5, 0.6) is 0 Å². The van der Waals surface area contributed by atoms with Gasteiger partial charge in [0.2, 0.25) is 29.5 Å². The number of aromatic nitrogens is 2. The lowest BCUT2D eigenvalue weighted by Gasteiger charge is -2.28. The van der Waals surface area contributed by atoms with Crippen LogP contribution in [-0.4, -0.2) is 106 Å². The summed E-state index contributed by atoms with van der Waals surface area (Å²) in [6.45, 7) is 5.08. The van der Waals surface area contributed by atoms with Crippen LogP contribution in [0.15, 0.2) is 42.9 Å². The van der Waals surface area contributed by atoms with Crippen molar-refractivity contribution in [3.05, 3.63) is 54.1 Å². The molecular formula is C38H61N8O9P. The molecule has 56 heavy (non-hydrogen) atoms. The smallest absolute Gasteiger partial charge is 0.328 e. The first-order valence-electron chi connectivity index (χ1n) is 19.5. The maximum absolute atomic E-state index is 13.6. The summed E-state index contributed by atoms with van der Waals surface area (Å²) in [6, 6.07) is 4.50. The highest BCUT2D eigenvalue weighted by Crippen LogP contribution is 2.44. The van der Waals surface area contributed by atoms with E-state index in [1.54, 1.807) is 0 Å². The Kier molecular flexibility index (Phi) is 19.7. The van der Waals surface area contributed by atoms with Gasteiger partial charge in [-0.15, -0.1) is 0 Å². The molecule has 1 aliphatic rings. The largest absolute Gasteiger partial charge is 0.394 e. The zero-order chi connectivity index (χ0) is 41.1. The quantitative estimate of drug-likeness (QED) is 0.0482. The van der Waals surface area contributed by atoms with Gasteiger partial charge in [0, 0.05) is 18.3 Å². The van der Waals surface area contributed by atoms with E-state index in [0.29, 0.717) is 31.5 Å². The second-order valence-corrected chi connectivity index (χ2v) is 16.8. The van der Waals surface area contributed by atoms with Crippen molar-refractivity contribution in [1.29, 1.82) is 0 Å². The predicted octanol–water partition coefficient (Wildman–Crippen LogP) is 1.20. The Morgan fingerprint density at radius 2 is 1.59 bits per heavy atom. The van der Waals surface area contributed by atoms with Gasteiger partial charge in [0.1, 0.15) is 24.2 Å². The molecule has 1 aliphatic heterocycles. The number of aryl methyl sites for hydroxylation is 1. The Bertz CT molecular complexity index is 1570. The average molecular weight is 805 g/mol. The number of aliphatic hydroxyl groups is 1. The first-order valence-corrected chi connectivity index (χ1v) is 21.3. The summed E-state index contributed by atoms with van der Waals surface area (Å²) in [6.07, 6.45) is 9.44. The summed E-state index contributed by atoms with van der Waals surface area (Å²) in [5, 5.41) is 23.5. The molecule has 2 aromatic rings. The second kappa shape index (κ2) is 23.8. The fourth-order valence-electron chi connectivity index (χ4n) is 6.53. The highest BCUT2D eigenvalue weighted by molar-refractivity contribution is 7.52. The Balaban J connectivity index is 1.55. The van der Waals surface area contributed by atoms with E-state index < -0.39 is 80.1 Å². The number of benzene rings is 1. The van der Waals surface area contributed by atoms with Crippen LogP contribution >= 0.6 is 7.60 Å². The SMILES string of the molecule is CC(C)C[C@H](NC(=O)[C@@H]1CCCN1)C(=O)N[C@@H](Cc1cnc[nH]1)C(=O)N[C@@H](CO)C(=O)N[C@H](C(N)=O)[C@@H](C)CP(=O)(O)OCCCCCCCc1ccccc1. The van der Waals surface area contributed by atoms with E-state index >= 15 is 0 Å². The van der Waals surface area contributed by atoms with E-state index in [1.807, 2.05) is 32.0 Å². The maximum atomic E-state index is 13.6. The van der Waals surface area contributed by atoms with Crippen molar-refractivity contribution in [2.45, 2.75) is 115 Å². The molecule has 18 heteroatoms. The molecule has 17 nitrogen and oxygen atoms in total. The maximum Gasteiger partial charge on any atom is 0.328 e. The molecule has 1 aromatic carbocycles. The van der Waals surface area contributed by atoms with E-state index in [0.717, 1.165) is 38.5 Å². The number of carbonyl (C=O) groups excluding carboxylic acids is 5. The molecule has 1 fully saturated rings. The van der Waals surface area contributed by atoms with Gasteiger partial charge in [0.25, 0.3) is 0 Å². The van der Waals surface area contributed by atoms with Crippen LogP contribution in [0.4, 0.5) is 0 Å². The fraction of sp³-hybridized carbons (Fsp3) is 0.632. The Hall–Kier alpha value is -4.15. The number of aromatic amines is 1. The third kappa shape index (κ3) is 16.5. The van der Waals surface area contributed by atoms with Gasteiger partial charge in [0.05, 0.1) is 31.7 Å². The zero-order valence-electron chi connectivity index (χ0n) is 32.7. The molecule has 3 rings (SSSR count). The molecule has 0 aliphatic carbocycles. The number of unbranched alkanes of at least 4 members (excludes halogenated alkanes) is 4. The third-order valence-electron chi connectivity index (χ3n) is 9.58. The molecule has 7 atom stereocenters. The summed E-state index contributed by atoms with van der Waals surface area (Å²) in [5.41, 5.74) is 7.34. The van der Waals surface area contributed by atoms with Crippen LogP contribution in [-0.2, 0) is 45.9 Å². The summed E-state index contributed by atoms with van der Waals surface area (Å²) in [4.78, 5) is 83.2. The lowest BCUT2D eigenvalue weighted by Crippen LogP contribution is -2.60. The molecule has 1 aromatic heterocycles. The number of primary amides is 1. The Morgan fingerprint density at radius 3 is 2.21 bits per heavy atom. The number of amides is 5. The van der Waals surface area contributed by atoms with Crippen molar-refractivity contribution in [2.75, 3.05) is 25.9 Å². The zero-order valence-corrected chi connectivity index (χ0v) is 33.6. The summed E-state index contributed by atoms with van der Waals surface area (Å²) >= 11 is 0. The van der Waals surface area contributed by atoms with Gasteiger partial charge >= 0.3 is 7.60 Å². The number of nitrogens with one attached hydrogen (secondary N) is 6. The van der Waals surface area contributed by atoms with Gasteiger partial charge in [-0.25, -0.2) is 4.98 Å². The molecule has 5 amide bonds. The summed E-state index contributed by atoms with van der Waals surface area (Å²) < 4.78 is 18.2. The van der Waals surface area contributed by atoms with Crippen molar-refractivity contribution in [2.24, 2.45) is 17.6 Å². The molecule has 0 bridgehead atoms. The second-order valence-electron chi connectivity index (χ2n) is 14.9. The Morgan fingerprint density at radius 1 is 0.929 bits per heavy atom. The fourth-order valence-corrected chi connectivity index (χ4v) is 7.99. The van der Waals surface area contributed by atoms with Crippen molar-refractivity contribution in [3.63, 3.8) is 0 Å². The van der Waals surface area contributed by atoms with Crippen LogP contribution < -0.4 is 32.3 Å². The third-order valence-corrected chi connectivity index (χ3v) is 11.2. The van der Waals surface area contributed by atoms with Crippen molar-refractivity contribution in [3.8, 4) is 0 Å². The van der Waals surface area contributed by atoms with Gasteiger partial charge in [-0.1, -0.05) is 70.4 Å². The monoisotopic (exact) mass is 804 g/mol. The van der Waals surface area contributed by atoms with Crippen molar-refractivity contribution >= 4 is 37.1 Å². The van der Waals surface area contributed by atoms with Gasteiger partial charge in [-0.05, 0) is 62.5 Å². The van der Waals surface area contributed by atoms with Crippen molar-refractivity contribution < 1.29 is 43.1 Å². The number of nitrogens with two attached hydrogens (primary N) is 1. The number of hydrogen-bond acceptors (Lipinski definition) is 10. The van der Waals surface area contributed by atoms with Crippen LogP contribution in [0.2, 0.25) is 0 Å². The number of H-pyrrole nitrogens is 1. The Labute approximate surface area is 329 Å². The minimum Gasteiger partial charge on any atom is -0.394 e. The van der Waals surface area contributed by atoms with Crippen LogP contribution in [0.25, 0.3) is 0 Å². The minimum absolute atomic E-state index is 0.0161. The summed E-state index contributed by atoms with van der Waals surface area (Å²) in [5.74, 6) is -4.72. The number of aliphatic hydroxyl groups excluding tert-OH is 1. The molecule has 1 saturated heterocycles. The van der Waals surface area contributed by atoms with E-state index in [4.69, 9.17) is 10.3 Å². The first-order chi connectivity index (χ1) is 26.7. The predicted molar refractivity (Wildman–Crippen MR) is 210 cm³/mol. The highest BCUT2D eigenvalue weighted by Gasteiger charge is 2.35. The molecule has 0 spiro atoms. The molecule has 312 valence electrons. The minimum atomic E-state index is -4.18. The molecular weight excluding hydrogens is 743 g/mol. The number of rotatable bonds is 26. The van der Waals surface area contributed by atoms with E-state index in [9.17, 15) is 38.5 Å². The lowest BCUT2D eigenvalue weighted by atomic mass is 10.0. The molecule has 0 saturated carbocycles. The van der Waals surface area contributed by atoms with E-state index in [1.165, 1.54) is 25.0 Å². The van der Waals surface area contributed by atoms with Crippen LogP contribution in [0, 0.1) is 11.8 Å². The molecule has 1 unspecified atom stereocenters. The normalized spacial score (nSPS) is 17.9.